The second-order valence-electron chi connectivity index (χ2n) is 9.55. The number of carbonyl (C=O) groups is 2. The Bertz CT molecular complexity index is 604. The average molecular weight is 364 g/mol. The van der Waals surface area contributed by atoms with Crippen LogP contribution < -0.4 is 0 Å². The standard InChI is InChI=1S/C21H32O5/c1-14(2)17(22)24-12-20-10-8-15(11-20)16-7-6-9-21(16,20)13-25-18(23)26-19(3,4)5/h15-16H,1,6-13H2,2-5H3. The Kier molecular flexibility index (Phi) is 4.87. The van der Waals surface area contributed by atoms with Gasteiger partial charge in [-0.25, -0.2) is 9.59 Å². The van der Waals surface area contributed by atoms with Crippen LogP contribution in [0.1, 0.15) is 66.2 Å². The van der Waals surface area contributed by atoms with Gasteiger partial charge in [0.15, 0.2) is 0 Å². The maximum atomic E-state index is 12.1. The minimum Gasteiger partial charge on any atom is -0.462 e. The Labute approximate surface area is 156 Å². The van der Waals surface area contributed by atoms with Crippen LogP contribution in [-0.4, -0.2) is 30.9 Å². The molecule has 0 radical (unpaired) electrons. The van der Waals surface area contributed by atoms with Crippen LogP contribution in [-0.2, 0) is 19.0 Å². The number of fused-ring (bicyclic) bond motifs is 5. The van der Waals surface area contributed by atoms with E-state index in [2.05, 4.69) is 6.58 Å². The summed E-state index contributed by atoms with van der Waals surface area (Å²) in [7, 11) is 0. The highest BCUT2D eigenvalue weighted by Crippen LogP contribution is 2.72. The first-order valence-corrected chi connectivity index (χ1v) is 9.77. The number of rotatable bonds is 5. The Morgan fingerprint density at radius 1 is 1.12 bits per heavy atom. The fourth-order valence-electron chi connectivity index (χ4n) is 5.81. The molecule has 3 saturated carbocycles. The third-order valence-electron chi connectivity index (χ3n) is 6.78. The van der Waals surface area contributed by atoms with E-state index in [4.69, 9.17) is 14.2 Å². The van der Waals surface area contributed by atoms with Crippen molar-refractivity contribution in [1.29, 1.82) is 0 Å². The van der Waals surface area contributed by atoms with Gasteiger partial charge < -0.3 is 14.2 Å². The van der Waals surface area contributed by atoms with Crippen molar-refractivity contribution < 1.29 is 23.8 Å². The minimum absolute atomic E-state index is 0.0774. The summed E-state index contributed by atoms with van der Waals surface area (Å²) in [5.41, 5.74) is -0.294. The van der Waals surface area contributed by atoms with Crippen molar-refractivity contribution in [1.82, 2.24) is 0 Å². The van der Waals surface area contributed by atoms with E-state index in [9.17, 15) is 9.59 Å². The van der Waals surface area contributed by atoms with Gasteiger partial charge in [-0.3, -0.25) is 0 Å². The summed E-state index contributed by atoms with van der Waals surface area (Å²) in [4.78, 5) is 24.1. The molecule has 26 heavy (non-hydrogen) atoms. The molecule has 0 aliphatic heterocycles. The lowest BCUT2D eigenvalue weighted by molar-refractivity contribution is -0.149. The molecule has 2 bridgehead atoms. The van der Waals surface area contributed by atoms with Crippen molar-refractivity contribution in [2.24, 2.45) is 22.7 Å². The molecular formula is C21H32O5. The molecule has 5 nitrogen and oxygen atoms in total. The smallest absolute Gasteiger partial charge is 0.462 e. The third kappa shape index (κ3) is 3.25. The van der Waals surface area contributed by atoms with Crippen molar-refractivity contribution in [3.8, 4) is 0 Å². The van der Waals surface area contributed by atoms with Crippen molar-refractivity contribution in [3.05, 3.63) is 12.2 Å². The van der Waals surface area contributed by atoms with Crippen LogP contribution in [0.5, 0.6) is 0 Å². The predicted octanol–water partition coefficient (Wildman–Crippen LogP) is 4.64. The molecule has 0 spiro atoms. The number of carbonyl (C=O) groups excluding carboxylic acids is 2. The van der Waals surface area contributed by atoms with Crippen LogP contribution in [0.4, 0.5) is 4.79 Å². The molecule has 0 aromatic heterocycles. The Morgan fingerprint density at radius 3 is 2.50 bits per heavy atom. The molecule has 4 atom stereocenters. The zero-order valence-electron chi connectivity index (χ0n) is 16.6. The van der Waals surface area contributed by atoms with E-state index in [1.807, 2.05) is 20.8 Å². The molecule has 3 rings (SSSR count). The van der Waals surface area contributed by atoms with E-state index in [0.29, 0.717) is 30.6 Å². The molecule has 3 aliphatic carbocycles. The van der Waals surface area contributed by atoms with E-state index >= 15 is 0 Å². The Balaban J connectivity index is 1.74. The second-order valence-corrected chi connectivity index (χ2v) is 9.55. The van der Waals surface area contributed by atoms with Gasteiger partial charge in [0.1, 0.15) is 12.2 Å². The molecule has 3 aliphatic rings. The summed E-state index contributed by atoms with van der Waals surface area (Å²) in [6, 6.07) is 0. The fourth-order valence-corrected chi connectivity index (χ4v) is 5.81. The molecule has 0 saturated heterocycles. The van der Waals surface area contributed by atoms with Gasteiger partial charge in [-0.05, 0) is 71.6 Å². The molecule has 0 aromatic rings. The summed E-state index contributed by atoms with van der Waals surface area (Å²) < 4.78 is 16.6. The van der Waals surface area contributed by atoms with Crippen LogP contribution in [0.15, 0.2) is 12.2 Å². The zero-order valence-corrected chi connectivity index (χ0v) is 16.6. The van der Waals surface area contributed by atoms with Gasteiger partial charge in [0, 0.05) is 16.4 Å². The lowest BCUT2D eigenvalue weighted by atomic mass is 9.60. The monoisotopic (exact) mass is 364 g/mol. The van der Waals surface area contributed by atoms with Crippen LogP contribution in [0, 0.1) is 22.7 Å². The zero-order chi connectivity index (χ0) is 19.2. The largest absolute Gasteiger partial charge is 0.508 e. The fraction of sp³-hybridized carbons (Fsp3) is 0.810. The summed E-state index contributed by atoms with van der Waals surface area (Å²) in [6.45, 7) is 11.6. The number of hydrogen-bond acceptors (Lipinski definition) is 5. The molecular weight excluding hydrogens is 332 g/mol. The quantitative estimate of drug-likeness (QED) is 0.525. The second kappa shape index (κ2) is 6.58. The van der Waals surface area contributed by atoms with Gasteiger partial charge >= 0.3 is 12.1 Å². The maximum Gasteiger partial charge on any atom is 0.508 e. The normalized spacial score (nSPS) is 35.1. The highest BCUT2D eigenvalue weighted by molar-refractivity contribution is 5.86. The van der Waals surface area contributed by atoms with E-state index in [1.165, 1.54) is 12.8 Å². The van der Waals surface area contributed by atoms with Crippen LogP contribution in [0.2, 0.25) is 0 Å². The van der Waals surface area contributed by atoms with Crippen molar-refractivity contribution in [3.63, 3.8) is 0 Å². The van der Waals surface area contributed by atoms with E-state index in [0.717, 1.165) is 25.7 Å². The number of hydrogen-bond donors (Lipinski definition) is 0. The van der Waals surface area contributed by atoms with Crippen molar-refractivity contribution >= 4 is 12.1 Å². The Morgan fingerprint density at radius 2 is 1.85 bits per heavy atom. The summed E-state index contributed by atoms with van der Waals surface area (Å²) in [5.74, 6) is 0.887. The average Bonchev–Trinajstić information content (AvgIpc) is 3.19. The van der Waals surface area contributed by atoms with E-state index in [1.54, 1.807) is 6.92 Å². The van der Waals surface area contributed by atoms with Gasteiger partial charge in [-0.2, -0.15) is 0 Å². The molecule has 4 unspecified atom stereocenters. The van der Waals surface area contributed by atoms with E-state index in [-0.39, 0.29) is 16.8 Å². The molecule has 0 heterocycles. The minimum atomic E-state index is -0.602. The van der Waals surface area contributed by atoms with Gasteiger partial charge in [-0.1, -0.05) is 13.0 Å². The lowest BCUT2D eigenvalue weighted by Crippen LogP contribution is -2.48. The molecule has 3 fully saturated rings. The van der Waals surface area contributed by atoms with Crippen LogP contribution in [0.25, 0.3) is 0 Å². The summed E-state index contributed by atoms with van der Waals surface area (Å²) in [6.07, 6.45) is 6.04. The SMILES string of the molecule is C=C(C)C(=O)OCC12CCC(C1)C1CCCC12COC(=O)OC(C)(C)C. The van der Waals surface area contributed by atoms with Crippen molar-refractivity contribution in [2.45, 2.75) is 71.8 Å². The molecule has 0 aromatic carbocycles. The predicted molar refractivity (Wildman–Crippen MR) is 97.5 cm³/mol. The first-order valence-electron chi connectivity index (χ1n) is 9.77. The van der Waals surface area contributed by atoms with Gasteiger partial charge in [0.2, 0.25) is 0 Å². The first-order chi connectivity index (χ1) is 12.1. The topological polar surface area (TPSA) is 61.8 Å². The van der Waals surface area contributed by atoms with Crippen molar-refractivity contribution in [2.75, 3.05) is 13.2 Å². The molecule has 5 heteroatoms. The van der Waals surface area contributed by atoms with Crippen LogP contribution in [0.3, 0.4) is 0 Å². The molecule has 0 amide bonds. The lowest BCUT2D eigenvalue weighted by Gasteiger charge is -2.47. The molecule has 146 valence electrons. The van der Waals surface area contributed by atoms with E-state index < -0.39 is 11.8 Å². The van der Waals surface area contributed by atoms with Crippen LogP contribution >= 0.6 is 0 Å². The highest BCUT2D eigenvalue weighted by Gasteiger charge is 2.69. The third-order valence-corrected chi connectivity index (χ3v) is 6.78. The van der Waals surface area contributed by atoms with Gasteiger partial charge in [0.05, 0.1) is 6.61 Å². The van der Waals surface area contributed by atoms with Gasteiger partial charge in [-0.15, -0.1) is 0 Å². The number of ether oxygens (including phenoxy) is 3. The first kappa shape index (κ1) is 19.2. The molecule has 0 N–H and O–H groups in total. The maximum absolute atomic E-state index is 12.1. The number of esters is 1. The highest BCUT2D eigenvalue weighted by atomic mass is 16.7. The summed E-state index contributed by atoms with van der Waals surface area (Å²) in [5, 5.41) is 0. The Hall–Kier alpha value is -1.52. The summed E-state index contributed by atoms with van der Waals surface area (Å²) >= 11 is 0. The van der Waals surface area contributed by atoms with Gasteiger partial charge in [0.25, 0.3) is 0 Å².